The van der Waals surface area contributed by atoms with E-state index >= 15 is 0 Å². The van der Waals surface area contributed by atoms with Gasteiger partial charge in [-0.05, 0) is 51.6 Å². The van der Waals surface area contributed by atoms with Crippen LogP contribution in [0.25, 0.3) is 0 Å². The molecule has 0 aliphatic heterocycles. The number of benzene rings is 1. The van der Waals surface area contributed by atoms with Crippen LogP contribution in [0.5, 0.6) is 0 Å². The summed E-state index contributed by atoms with van der Waals surface area (Å²) in [6, 6.07) is 7.62. The first-order valence-corrected chi connectivity index (χ1v) is 9.08. The highest BCUT2D eigenvalue weighted by atomic mass is 79.9. The summed E-state index contributed by atoms with van der Waals surface area (Å²) < 4.78 is 0.978. The topological polar surface area (TPSA) is 58.4 Å². The fourth-order valence-electron chi connectivity index (χ4n) is 3.35. The van der Waals surface area contributed by atoms with E-state index in [-0.39, 0.29) is 23.9 Å². The minimum Gasteiger partial charge on any atom is -0.352 e. The maximum Gasteiger partial charge on any atom is 0.244 e. The third-order valence-corrected chi connectivity index (χ3v) is 5.76. The van der Waals surface area contributed by atoms with Gasteiger partial charge in [-0.1, -0.05) is 47.3 Å². The monoisotopic (exact) mass is 417 g/mol. The zero-order chi connectivity index (χ0) is 17.1. The van der Waals surface area contributed by atoms with Crippen LogP contribution in [0.15, 0.2) is 28.7 Å². The van der Waals surface area contributed by atoms with E-state index in [2.05, 4.69) is 40.2 Å². The van der Waals surface area contributed by atoms with Crippen LogP contribution in [0.4, 0.5) is 0 Å². The predicted octanol–water partition coefficient (Wildman–Crippen LogP) is 3.43. The van der Waals surface area contributed by atoms with Gasteiger partial charge in [-0.3, -0.25) is 4.79 Å². The Hall–Kier alpha value is -0.620. The molecule has 0 spiro atoms. The van der Waals surface area contributed by atoms with E-state index in [0.29, 0.717) is 6.54 Å². The molecule has 1 amide bonds. The quantitative estimate of drug-likeness (QED) is 0.770. The normalized spacial score (nSPS) is 19.2. The van der Waals surface area contributed by atoms with Gasteiger partial charge in [0.25, 0.3) is 0 Å². The first-order chi connectivity index (χ1) is 10.8. The SMILES string of the molecule is CN(C)C1(CNC(=O)C(C)(N)c2ccc(Br)cc2)CCCCC1.Cl. The summed E-state index contributed by atoms with van der Waals surface area (Å²) in [5.41, 5.74) is 6.18. The number of halogens is 2. The fourth-order valence-corrected chi connectivity index (χ4v) is 3.61. The van der Waals surface area contributed by atoms with Gasteiger partial charge in [-0.25, -0.2) is 0 Å². The summed E-state index contributed by atoms with van der Waals surface area (Å²) in [5, 5.41) is 3.11. The van der Waals surface area contributed by atoms with Crippen LogP contribution in [-0.4, -0.2) is 37.0 Å². The summed E-state index contributed by atoms with van der Waals surface area (Å²) in [6.07, 6.45) is 5.98. The van der Waals surface area contributed by atoms with Crippen LogP contribution < -0.4 is 11.1 Å². The highest BCUT2D eigenvalue weighted by Gasteiger charge is 2.37. The number of hydrogen-bond acceptors (Lipinski definition) is 3. The second-order valence-electron chi connectivity index (χ2n) is 7.07. The van der Waals surface area contributed by atoms with Crippen molar-refractivity contribution in [2.45, 2.75) is 50.1 Å². The molecule has 1 atom stereocenters. The number of hydrogen-bond donors (Lipinski definition) is 2. The van der Waals surface area contributed by atoms with Gasteiger partial charge in [-0.15, -0.1) is 12.4 Å². The molecule has 1 fully saturated rings. The van der Waals surface area contributed by atoms with Crippen molar-refractivity contribution in [3.63, 3.8) is 0 Å². The molecule has 4 nitrogen and oxygen atoms in total. The number of likely N-dealkylation sites (N-methyl/N-ethyl adjacent to an activating group) is 1. The minimum absolute atomic E-state index is 0. The van der Waals surface area contributed by atoms with Crippen LogP contribution in [0.1, 0.15) is 44.6 Å². The standard InChI is InChI=1S/C18H28BrN3O.ClH/c1-17(20,14-7-9-15(19)10-8-14)16(23)21-13-18(22(2)3)11-5-4-6-12-18;/h7-10H,4-6,11-13,20H2,1-3H3,(H,21,23);1H. The average Bonchev–Trinajstić information content (AvgIpc) is 2.53. The van der Waals surface area contributed by atoms with Gasteiger partial charge < -0.3 is 16.0 Å². The number of carbonyl (C=O) groups is 1. The number of nitrogens with two attached hydrogens (primary N) is 1. The van der Waals surface area contributed by atoms with E-state index in [1.54, 1.807) is 6.92 Å². The summed E-state index contributed by atoms with van der Waals surface area (Å²) >= 11 is 3.41. The lowest BCUT2D eigenvalue weighted by Crippen LogP contribution is -2.57. The third-order valence-electron chi connectivity index (χ3n) is 5.23. The number of nitrogens with one attached hydrogen (secondary N) is 1. The molecule has 1 aromatic rings. The molecule has 0 saturated heterocycles. The van der Waals surface area contributed by atoms with Crippen LogP contribution >= 0.6 is 28.3 Å². The van der Waals surface area contributed by atoms with Gasteiger partial charge in [0, 0.05) is 16.6 Å². The van der Waals surface area contributed by atoms with Gasteiger partial charge >= 0.3 is 0 Å². The van der Waals surface area contributed by atoms with Crippen LogP contribution in [0, 0.1) is 0 Å². The van der Waals surface area contributed by atoms with Crippen molar-refractivity contribution < 1.29 is 4.79 Å². The molecule has 1 aromatic carbocycles. The summed E-state index contributed by atoms with van der Waals surface area (Å²) in [5.74, 6) is -0.119. The molecule has 0 heterocycles. The largest absolute Gasteiger partial charge is 0.352 e. The van der Waals surface area contributed by atoms with E-state index in [1.807, 2.05) is 24.3 Å². The number of amides is 1. The first kappa shape index (κ1) is 21.4. The molecule has 136 valence electrons. The van der Waals surface area contributed by atoms with Crippen molar-refractivity contribution in [2.24, 2.45) is 5.73 Å². The Bertz CT molecular complexity index is 540. The second-order valence-corrected chi connectivity index (χ2v) is 7.99. The molecule has 1 aliphatic carbocycles. The Morgan fingerprint density at radius 1 is 1.25 bits per heavy atom. The molecule has 24 heavy (non-hydrogen) atoms. The fraction of sp³-hybridized carbons (Fsp3) is 0.611. The molecule has 0 aromatic heterocycles. The van der Waals surface area contributed by atoms with Crippen LogP contribution in [0.2, 0.25) is 0 Å². The number of carbonyl (C=O) groups excluding carboxylic acids is 1. The molecule has 1 saturated carbocycles. The summed E-state index contributed by atoms with van der Waals surface area (Å²) in [6.45, 7) is 2.43. The number of rotatable bonds is 5. The lowest BCUT2D eigenvalue weighted by molar-refractivity contribution is -0.126. The van der Waals surface area contributed by atoms with Gasteiger partial charge in [0.2, 0.25) is 5.91 Å². The Morgan fingerprint density at radius 3 is 2.29 bits per heavy atom. The van der Waals surface area contributed by atoms with Crippen molar-refractivity contribution in [2.75, 3.05) is 20.6 Å². The van der Waals surface area contributed by atoms with Crippen molar-refractivity contribution in [3.8, 4) is 0 Å². The Morgan fingerprint density at radius 2 is 1.79 bits per heavy atom. The number of nitrogens with zero attached hydrogens (tertiary/aromatic N) is 1. The van der Waals surface area contributed by atoms with Crippen molar-refractivity contribution in [3.05, 3.63) is 34.3 Å². The van der Waals surface area contributed by atoms with Crippen LogP contribution in [0.3, 0.4) is 0 Å². The highest BCUT2D eigenvalue weighted by molar-refractivity contribution is 9.10. The van der Waals surface area contributed by atoms with E-state index in [0.717, 1.165) is 22.9 Å². The molecule has 6 heteroatoms. The van der Waals surface area contributed by atoms with E-state index < -0.39 is 5.54 Å². The smallest absolute Gasteiger partial charge is 0.244 e. The van der Waals surface area contributed by atoms with E-state index in [9.17, 15) is 4.79 Å². The predicted molar refractivity (Wildman–Crippen MR) is 105 cm³/mol. The lowest BCUT2D eigenvalue weighted by Gasteiger charge is -2.43. The summed E-state index contributed by atoms with van der Waals surface area (Å²) in [7, 11) is 4.21. The second kappa shape index (κ2) is 8.65. The molecule has 1 aliphatic rings. The molecule has 3 N–H and O–H groups in total. The van der Waals surface area contributed by atoms with Crippen molar-refractivity contribution in [1.82, 2.24) is 10.2 Å². The van der Waals surface area contributed by atoms with Crippen LogP contribution in [-0.2, 0) is 10.3 Å². The molecular weight excluding hydrogens is 390 g/mol. The van der Waals surface area contributed by atoms with E-state index in [1.165, 1.54) is 19.3 Å². The molecular formula is C18H29BrClN3O. The Balaban J connectivity index is 0.00000288. The molecule has 2 rings (SSSR count). The van der Waals surface area contributed by atoms with Gasteiger partial charge in [-0.2, -0.15) is 0 Å². The van der Waals surface area contributed by atoms with E-state index in [4.69, 9.17) is 5.73 Å². The Kier molecular flexibility index (Phi) is 7.73. The lowest BCUT2D eigenvalue weighted by atomic mass is 9.80. The zero-order valence-corrected chi connectivity index (χ0v) is 17.2. The molecule has 0 radical (unpaired) electrons. The highest BCUT2D eigenvalue weighted by Crippen LogP contribution is 2.32. The van der Waals surface area contributed by atoms with Gasteiger partial charge in [0.05, 0.1) is 0 Å². The maximum atomic E-state index is 12.7. The van der Waals surface area contributed by atoms with Crippen molar-refractivity contribution >= 4 is 34.2 Å². The zero-order valence-electron chi connectivity index (χ0n) is 14.8. The third kappa shape index (κ3) is 4.72. The summed E-state index contributed by atoms with van der Waals surface area (Å²) in [4.78, 5) is 15.0. The van der Waals surface area contributed by atoms with Gasteiger partial charge in [0.15, 0.2) is 0 Å². The van der Waals surface area contributed by atoms with Gasteiger partial charge in [0.1, 0.15) is 5.54 Å². The van der Waals surface area contributed by atoms with Crippen molar-refractivity contribution in [1.29, 1.82) is 0 Å². The Labute approximate surface area is 160 Å². The molecule has 0 bridgehead atoms. The minimum atomic E-state index is -1.02. The first-order valence-electron chi connectivity index (χ1n) is 8.29. The average molecular weight is 419 g/mol. The molecule has 1 unspecified atom stereocenters. The maximum absolute atomic E-state index is 12.7.